The molecule has 146 valence electrons. The minimum atomic E-state index is -4.43. The van der Waals surface area contributed by atoms with Crippen LogP contribution in [0.3, 0.4) is 0 Å². The van der Waals surface area contributed by atoms with Gasteiger partial charge in [-0.2, -0.15) is 13.2 Å². The fraction of sp³-hybridized carbons (Fsp3) is 0.267. The van der Waals surface area contributed by atoms with Gasteiger partial charge in [0.15, 0.2) is 0 Å². The van der Waals surface area contributed by atoms with Crippen LogP contribution in [0.5, 0.6) is 5.75 Å². The third kappa shape index (κ3) is 4.76. The Morgan fingerprint density at radius 1 is 1.30 bits per heavy atom. The Labute approximate surface area is 158 Å². The zero-order chi connectivity index (χ0) is 18.9. The molecule has 0 aliphatic heterocycles. The average Bonchev–Trinajstić information content (AvgIpc) is 3.02. The van der Waals surface area contributed by atoms with Crippen molar-refractivity contribution in [3.8, 4) is 17.1 Å². The minimum Gasteiger partial charge on any atom is -0.495 e. The van der Waals surface area contributed by atoms with Gasteiger partial charge in [0.1, 0.15) is 34.1 Å². The first kappa shape index (κ1) is 21.1. The van der Waals surface area contributed by atoms with Crippen molar-refractivity contribution in [2.45, 2.75) is 22.4 Å². The van der Waals surface area contributed by atoms with Crippen LogP contribution in [0.15, 0.2) is 40.8 Å². The monoisotopic (exact) mass is 420 g/mol. The molecule has 12 heteroatoms. The highest BCUT2D eigenvalue weighted by molar-refractivity contribution is 8.00. The lowest BCUT2D eigenvalue weighted by Crippen LogP contribution is -2.00. The smallest absolute Gasteiger partial charge is 0.447 e. The fourth-order valence-electron chi connectivity index (χ4n) is 2.22. The van der Waals surface area contributed by atoms with E-state index in [1.807, 2.05) is 0 Å². The molecule has 3 aromatic rings. The molecule has 0 aliphatic rings. The van der Waals surface area contributed by atoms with Crippen molar-refractivity contribution in [3.05, 3.63) is 30.9 Å². The Hall–Kier alpha value is -2.18. The van der Waals surface area contributed by atoms with E-state index in [4.69, 9.17) is 4.74 Å². The summed E-state index contributed by atoms with van der Waals surface area (Å²) in [4.78, 5) is 12.8. The van der Waals surface area contributed by atoms with Crippen molar-refractivity contribution in [1.82, 2.24) is 19.4 Å². The third-order valence-corrected chi connectivity index (χ3v) is 5.35. The summed E-state index contributed by atoms with van der Waals surface area (Å²) in [7, 11) is 0.164. The summed E-state index contributed by atoms with van der Waals surface area (Å²) in [5, 5.41) is -0.206. The van der Waals surface area contributed by atoms with Crippen LogP contribution in [0.2, 0.25) is 0 Å². The van der Waals surface area contributed by atoms with Crippen LogP contribution in [-0.2, 0) is 10.8 Å². The van der Waals surface area contributed by atoms with Crippen molar-refractivity contribution >= 4 is 28.2 Å². The van der Waals surface area contributed by atoms with E-state index in [0.717, 1.165) is 0 Å². The molecule has 0 amide bonds. The zero-order valence-electron chi connectivity index (χ0n) is 14.1. The molecule has 1 unspecified atom stereocenters. The molecule has 27 heavy (non-hydrogen) atoms. The molecule has 2 N–H and O–H groups in total. The fourth-order valence-corrected chi connectivity index (χ4v) is 3.65. The standard InChI is InChI=1S/C15H13F3N4O2S2.H2O/c1-3-26(23)11-4-9(24-2)6-19-14(11)10-7-22-8-20-13(5-12(22)21-10)25-15(16,17)18;/h4-8H,3H2,1-2H3;1H2. The summed E-state index contributed by atoms with van der Waals surface area (Å²) in [6, 6.07) is 2.86. The van der Waals surface area contributed by atoms with Crippen molar-refractivity contribution in [2.75, 3.05) is 12.9 Å². The summed E-state index contributed by atoms with van der Waals surface area (Å²) in [6.45, 7) is 1.77. The Kier molecular flexibility index (Phi) is 6.44. The predicted molar refractivity (Wildman–Crippen MR) is 95.2 cm³/mol. The molecule has 7 nitrogen and oxygen atoms in total. The summed E-state index contributed by atoms with van der Waals surface area (Å²) < 4.78 is 56.5. The Bertz CT molecular complexity index is 979. The zero-order valence-corrected chi connectivity index (χ0v) is 15.8. The molecule has 3 aromatic heterocycles. The number of ether oxygens (including phenoxy) is 1. The van der Waals surface area contributed by atoms with E-state index in [-0.39, 0.29) is 27.9 Å². The maximum atomic E-state index is 12.5. The second kappa shape index (κ2) is 8.23. The number of hydrogen-bond acceptors (Lipinski definition) is 6. The number of halogens is 3. The van der Waals surface area contributed by atoms with Crippen LogP contribution in [0.4, 0.5) is 13.2 Å². The third-order valence-electron chi connectivity index (χ3n) is 3.36. The number of fused-ring (bicyclic) bond motifs is 1. The van der Waals surface area contributed by atoms with Crippen molar-refractivity contribution in [1.29, 1.82) is 0 Å². The number of alkyl halides is 3. The molecule has 0 saturated heterocycles. The largest absolute Gasteiger partial charge is 0.495 e. The van der Waals surface area contributed by atoms with Crippen LogP contribution >= 0.6 is 11.8 Å². The van der Waals surface area contributed by atoms with Gasteiger partial charge in [0, 0.05) is 35.8 Å². The Balaban J connectivity index is 0.00000261. The van der Waals surface area contributed by atoms with E-state index in [2.05, 4.69) is 15.0 Å². The molecule has 3 heterocycles. The van der Waals surface area contributed by atoms with Crippen molar-refractivity contribution < 1.29 is 27.6 Å². The first-order valence-electron chi connectivity index (χ1n) is 7.34. The van der Waals surface area contributed by atoms with Crippen molar-refractivity contribution in [3.63, 3.8) is 0 Å². The molecule has 0 aliphatic carbocycles. The van der Waals surface area contributed by atoms with Gasteiger partial charge in [0.25, 0.3) is 0 Å². The lowest BCUT2D eigenvalue weighted by atomic mass is 10.3. The predicted octanol–water partition coefficient (Wildman–Crippen LogP) is 2.71. The van der Waals surface area contributed by atoms with E-state index < -0.39 is 16.3 Å². The lowest BCUT2D eigenvalue weighted by molar-refractivity contribution is -0.0329. The number of thioether (sulfide) groups is 1. The van der Waals surface area contributed by atoms with Crippen molar-refractivity contribution in [2.24, 2.45) is 0 Å². The molecule has 3 rings (SSSR count). The quantitative estimate of drug-likeness (QED) is 0.465. The molecular formula is C15H15F3N4O3S2. The maximum absolute atomic E-state index is 12.5. The van der Waals surface area contributed by atoms with E-state index in [1.54, 1.807) is 19.2 Å². The highest BCUT2D eigenvalue weighted by Crippen LogP contribution is 2.36. The number of pyridine rings is 1. The van der Waals surface area contributed by atoms with Gasteiger partial charge >= 0.3 is 5.51 Å². The summed E-state index contributed by atoms with van der Waals surface area (Å²) >= 11 is -0.308. The number of aromatic nitrogens is 4. The first-order chi connectivity index (χ1) is 12.3. The maximum Gasteiger partial charge on any atom is 0.447 e. The van der Waals surface area contributed by atoms with Gasteiger partial charge in [-0.25, -0.2) is 15.0 Å². The van der Waals surface area contributed by atoms with Crippen LogP contribution in [0.25, 0.3) is 17.0 Å². The highest BCUT2D eigenvalue weighted by Gasteiger charge is 2.30. The number of rotatable bonds is 5. The van der Waals surface area contributed by atoms with Gasteiger partial charge in [-0.3, -0.25) is 8.61 Å². The SMILES string of the molecule is CCS(=O)c1cc(OC)cnc1-c1cn2cnc(SC(F)(F)F)cc2n1.O. The average molecular weight is 420 g/mol. The van der Waals surface area contributed by atoms with Gasteiger partial charge < -0.3 is 10.2 Å². The lowest BCUT2D eigenvalue weighted by Gasteiger charge is -2.07. The molecular weight excluding hydrogens is 405 g/mol. The van der Waals surface area contributed by atoms with Crippen LogP contribution in [0.1, 0.15) is 6.92 Å². The number of hydrogen-bond donors (Lipinski definition) is 0. The van der Waals surface area contributed by atoms with Gasteiger partial charge in [0.05, 0.1) is 29.0 Å². The van der Waals surface area contributed by atoms with Gasteiger partial charge in [-0.15, -0.1) is 0 Å². The Morgan fingerprint density at radius 3 is 2.67 bits per heavy atom. The molecule has 0 fully saturated rings. The molecule has 0 bridgehead atoms. The van der Waals surface area contributed by atoms with E-state index >= 15 is 0 Å². The van der Waals surface area contributed by atoms with E-state index in [1.165, 1.54) is 30.1 Å². The molecule has 0 saturated carbocycles. The number of nitrogens with zero attached hydrogens (tertiary/aromatic N) is 4. The first-order valence-corrected chi connectivity index (χ1v) is 9.47. The Morgan fingerprint density at radius 2 is 2.04 bits per heavy atom. The molecule has 0 spiro atoms. The summed E-state index contributed by atoms with van der Waals surface area (Å²) in [5.41, 5.74) is -3.36. The normalized spacial score (nSPS) is 12.6. The topological polar surface area (TPSA) is 101 Å². The minimum absolute atomic E-state index is 0. The summed E-state index contributed by atoms with van der Waals surface area (Å²) in [6.07, 6.45) is 4.30. The number of methoxy groups -OCH3 is 1. The second-order valence-corrected chi connectivity index (χ2v) is 7.82. The van der Waals surface area contributed by atoms with Crippen LogP contribution in [-0.4, -0.2) is 47.4 Å². The molecule has 1 atom stereocenters. The molecule has 0 radical (unpaired) electrons. The highest BCUT2D eigenvalue weighted by atomic mass is 32.2. The molecule has 0 aromatic carbocycles. The van der Waals surface area contributed by atoms with Crippen LogP contribution < -0.4 is 4.74 Å². The van der Waals surface area contributed by atoms with Gasteiger partial charge in [0.2, 0.25) is 0 Å². The van der Waals surface area contributed by atoms with E-state index in [9.17, 15) is 17.4 Å². The van der Waals surface area contributed by atoms with Gasteiger partial charge in [-0.05, 0) is 0 Å². The number of imidazole rings is 1. The van der Waals surface area contributed by atoms with E-state index in [0.29, 0.717) is 27.8 Å². The summed E-state index contributed by atoms with van der Waals surface area (Å²) in [5.74, 6) is 0.836. The second-order valence-electron chi connectivity index (χ2n) is 5.02. The van der Waals surface area contributed by atoms with Crippen LogP contribution in [0, 0.1) is 0 Å². The van der Waals surface area contributed by atoms with Gasteiger partial charge in [-0.1, -0.05) is 6.92 Å².